The van der Waals surface area contributed by atoms with Crippen molar-refractivity contribution in [1.82, 2.24) is 9.88 Å². The SMILES string of the molecule is CCCOc1ccc2c(ccn2CC(=O)NCc2ccccc2)c1. The van der Waals surface area contributed by atoms with E-state index >= 15 is 0 Å². The third kappa shape index (κ3) is 3.96. The molecule has 0 aliphatic rings. The van der Waals surface area contributed by atoms with Gasteiger partial charge >= 0.3 is 0 Å². The number of ether oxygens (including phenoxy) is 1. The maximum absolute atomic E-state index is 12.2. The number of hydrogen-bond donors (Lipinski definition) is 1. The summed E-state index contributed by atoms with van der Waals surface area (Å²) in [6.45, 7) is 3.66. The Balaban J connectivity index is 1.63. The van der Waals surface area contributed by atoms with Gasteiger partial charge in [0.15, 0.2) is 0 Å². The molecule has 0 aliphatic heterocycles. The van der Waals surface area contributed by atoms with Gasteiger partial charge in [0.1, 0.15) is 12.3 Å². The van der Waals surface area contributed by atoms with Crippen LogP contribution in [-0.2, 0) is 17.9 Å². The van der Waals surface area contributed by atoms with Gasteiger partial charge in [-0.2, -0.15) is 0 Å². The third-order valence-corrected chi connectivity index (χ3v) is 3.86. The molecule has 1 N–H and O–H groups in total. The summed E-state index contributed by atoms with van der Waals surface area (Å²) in [4.78, 5) is 12.2. The Hall–Kier alpha value is -2.75. The Morgan fingerprint density at radius 1 is 1.12 bits per heavy atom. The summed E-state index contributed by atoms with van der Waals surface area (Å²) < 4.78 is 7.61. The van der Waals surface area contributed by atoms with Crippen molar-refractivity contribution in [3.05, 3.63) is 66.4 Å². The van der Waals surface area contributed by atoms with E-state index in [1.165, 1.54) is 0 Å². The molecule has 0 bridgehead atoms. The lowest BCUT2D eigenvalue weighted by molar-refractivity contribution is -0.121. The Morgan fingerprint density at radius 3 is 2.75 bits per heavy atom. The summed E-state index contributed by atoms with van der Waals surface area (Å²) in [5.41, 5.74) is 2.13. The fourth-order valence-corrected chi connectivity index (χ4v) is 2.63. The second kappa shape index (κ2) is 7.68. The number of hydrogen-bond acceptors (Lipinski definition) is 2. The minimum Gasteiger partial charge on any atom is -0.494 e. The molecule has 0 saturated carbocycles. The first kappa shape index (κ1) is 16.1. The van der Waals surface area contributed by atoms with Gasteiger partial charge in [0.25, 0.3) is 0 Å². The number of nitrogens with one attached hydrogen (secondary N) is 1. The minimum atomic E-state index is 0.00247. The largest absolute Gasteiger partial charge is 0.494 e. The molecule has 0 unspecified atom stereocenters. The molecule has 0 fully saturated rings. The van der Waals surface area contributed by atoms with Crippen molar-refractivity contribution in [1.29, 1.82) is 0 Å². The highest BCUT2D eigenvalue weighted by atomic mass is 16.5. The van der Waals surface area contributed by atoms with Gasteiger partial charge in [0, 0.05) is 23.6 Å². The molecule has 1 heterocycles. The van der Waals surface area contributed by atoms with Crippen LogP contribution < -0.4 is 10.1 Å². The average Bonchev–Trinajstić information content (AvgIpc) is 3.01. The van der Waals surface area contributed by atoms with Crippen LogP contribution in [0.1, 0.15) is 18.9 Å². The summed E-state index contributed by atoms with van der Waals surface area (Å²) in [6.07, 6.45) is 2.93. The molecule has 4 heteroatoms. The van der Waals surface area contributed by atoms with Crippen LogP contribution >= 0.6 is 0 Å². The summed E-state index contributed by atoms with van der Waals surface area (Å²) in [6, 6.07) is 17.9. The lowest BCUT2D eigenvalue weighted by Gasteiger charge is -2.08. The quantitative estimate of drug-likeness (QED) is 0.720. The summed E-state index contributed by atoms with van der Waals surface area (Å²) in [5.74, 6) is 0.873. The zero-order valence-electron chi connectivity index (χ0n) is 13.9. The van der Waals surface area contributed by atoms with E-state index in [0.29, 0.717) is 19.7 Å². The van der Waals surface area contributed by atoms with Crippen molar-refractivity contribution in [2.75, 3.05) is 6.61 Å². The smallest absolute Gasteiger partial charge is 0.240 e. The molecule has 124 valence electrons. The van der Waals surface area contributed by atoms with E-state index < -0.39 is 0 Å². The second-order valence-electron chi connectivity index (χ2n) is 5.78. The number of rotatable bonds is 7. The van der Waals surface area contributed by atoms with Crippen molar-refractivity contribution >= 4 is 16.8 Å². The first-order valence-electron chi connectivity index (χ1n) is 8.28. The molecule has 0 aliphatic carbocycles. The zero-order chi connectivity index (χ0) is 16.8. The van der Waals surface area contributed by atoms with Crippen molar-refractivity contribution in [3.63, 3.8) is 0 Å². The number of benzene rings is 2. The number of aromatic nitrogens is 1. The van der Waals surface area contributed by atoms with Crippen molar-refractivity contribution < 1.29 is 9.53 Å². The molecule has 0 saturated heterocycles. The second-order valence-corrected chi connectivity index (χ2v) is 5.78. The first-order chi connectivity index (χ1) is 11.8. The Labute approximate surface area is 142 Å². The van der Waals surface area contributed by atoms with Gasteiger partial charge in [-0.05, 0) is 36.2 Å². The highest BCUT2D eigenvalue weighted by molar-refractivity contribution is 5.84. The first-order valence-corrected chi connectivity index (χ1v) is 8.28. The van der Waals surface area contributed by atoms with Crippen LogP contribution in [0.3, 0.4) is 0 Å². The van der Waals surface area contributed by atoms with Gasteiger partial charge in [0.2, 0.25) is 5.91 Å². The van der Waals surface area contributed by atoms with Crippen LogP contribution in [0.4, 0.5) is 0 Å². The molecule has 24 heavy (non-hydrogen) atoms. The molecule has 1 amide bonds. The molecular weight excluding hydrogens is 300 g/mol. The maximum Gasteiger partial charge on any atom is 0.240 e. The third-order valence-electron chi connectivity index (χ3n) is 3.86. The molecule has 3 aromatic rings. The number of fused-ring (bicyclic) bond motifs is 1. The van der Waals surface area contributed by atoms with Gasteiger partial charge < -0.3 is 14.6 Å². The number of nitrogens with zero attached hydrogens (tertiary/aromatic N) is 1. The van der Waals surface area contributed by atoms with Crippen LogP contribution in [0.25, 0.3) is 10.9 Å². The molecule has 2 aromatic carbocycles. The summed E-state index contributed by atoms with van der Waals surface area (Å²) in [7, 11) is 0. The van der Waals surface area contributed by atoms with E-state index in [2.05, 4.69) is 12.2 Å². The lowest BCUT2D eigenvalue weighted by Crippen LogP contribution is -2.26. The number of carbonyl (C=O) groups excluding carboxylic acids is 1. The molecule has 3 rings (SSSR count). The molecule has 0 spiro atoms. The van der Waals surface area contributed by atoms with Gasteiger partial charge in [-0.15, -0.1) is 0 Å². The molecular formula is C20H22N2O2. The van der Waals surface area contributed by atoms with Crippen LogP contribution in [0, 0.1) is 0 Å². The van der Waals surface area contributed by atoms with E-state index in [9.17, 15) is 4.79 Å². The van der Waals surface area contributed by atoms with E-state index in [-0.39, 0.29) is 5.91 Å². The van der Waals surface area contributed by atoms with Crippen LogP contribution in [0.2, 0.25) is 0 Å². The summed E-state index contributed by atoms with van der Waals surface area (Å²) in [5, 5.41) is 4.04. The molecule has 0 atom stereocenters. The van der Waals surface area contributed by atoms with Gasteiger partial charge in [-0.1, -0.05) is 37.3 Å². The van der Waals surface area contributed by atoms with E-state index in [0.717, 1.165) is 28.6 Å². The van der Waals surface area contributed by atoms with Crippen LogP contribution in [0.15, 0.2) is 60.8 Å². The zero-order valence-corrected chi connectivity index (χ0v) is 13.9. The van der Waals surface area contributed by atoms with Gasteiger partial charge in [-0.25, -0.2) is 0 Å². The topological polar surface area (TPSA) is 43.3 Å². The predicted molar refractivity (Wildman–Crippen MR) is 96.0 cm³/mol. The number of amides is 1. The monoisotopic (exact) mass is 322 g/mol. The molecule has 1 aromatic heterocycles. The lowest BCUT2D eigenvalue weighted by atomic mass is 10.2. The van der Waals surface area contributed by atoms with Crippen molar-refractivity contribution in [3.8, 4) is 5.75 Å². The van der Waals surface area contributed by atoms with Crippen molar-refractivity contribution in [2.45, 2.75) is 26.4 Å². The standard InChI is InChI=1S/C20H22N2O2/c1-2-12-24-18-8-9-19-17(13-18)10-11-22(19)15-20(23)21-14-16-6-4-3-5-7-16/h3-11,13H,2,12,14-15H2,1H3,(H,21,23). The normalized spacial score (nSPS) is 10.7. The maximum atomic E-state index is 12.2. The Morgan fingerprint density at radius 2 is 1.96 bits per heavy atom. The number of carbonyl (C=O) groups is 1. The molecule has 0 radical (unpaired) electrons. The highest BCUT2D eigenvalue weighted by Gasteiger charge is 2.07. The minimum absolute atomic E-state index is 0.00247. The fraction of sp³-hybridized carbons (Fsp3) is 0.250. The fourth-order valence-electron chi connectivity index (χ4n) is 2.63. The highest BCUT2D eigenvalue weighted by Crippen LogP contribution is 2.22. The Kier molecular flexibility index (Phi) is 5.16. The van der Waals surface area contributed by atoms with E-state index in [1.54, 1.807) is 0 Å². The summed E-state index contributed by atoms with van der Waals surface area (Å²) >= 11 is 0. The average molecular weight is 322 g/mol. The molecule has 4 nitrogen and oxygen atoms in total. The van der Waals surface area contributed by atoms with Crippen LogP contribution in [-0.4, -0.2) is 17.1 Å². The van der Waals surface area contributed by atoms with E-state index in [4.69, 9.17) is 4.74 Å². The van der Waals surface area contributed by atoms with Gasteiger partial charge in [-0.3, -0.25) is 4.79 Å². The predicted octanol–water partition coefficient (Wildman–Crippen LogP) is 3.75. The van der Waals surface area contributed by atoms with Crippen LogP contribution in [0.5, 0.6) is 5.75 Å². The van der Waals surface area contributed by atoms with Gasteiger partial charge in [0.05, 0.1) is 6.61 Å². The Bertz CT molecular complexity index is 809. The van der Waals surface area contributed by atoms with Crippen molar-refractivity contribution in [2.24, 2.45) is 0 Å². The van der Waals surface area contributed by atoms with E-state index in [1.807, 2.05) is 65.4 Å².